The topological polar surface area (TPSA) is 116 Å². The second-order valence-electron chi connectivity index (χ2n) is 7.14. The van der Waals surface area contributed by atoms with Gasteiger partial charge in [0, 0.05) is 31.4 Å². The molecule has 28 heavy (non-hydrogen) atoms. The van der Waals surface area contributed by atoms with Crippen LogP contribution in [0.15, 0.2) is 16.7 Å². The molecule has 2 aromatic rings. The van der Waals surface area contributed by atoms with Crippen LogP contribution in [0.4, 0.5) is 5.69 Å². The maximum Gasteiger partial charge on any atom is 0.253 e. The molecule has 0 aliphatic carbocycles. The molecule has 1 aromatic carbocycles. The van der Waals surface area contributed by atoms with Gasteiger partial charge < -0.3 is 24.6 Å². The first-order valence-corrected chi connectivity index (χ1v) is 8.80. The molecule has 152 valence electrons. The number of carbonyl (C=O) groups is 2. The summed E-state index contributed by atoms with van der Waals surface area (Å²) in [6, 6.07) is 3.06. The number of hydrogen-bond acceptors (Lipinski definition) is 7. The molecule has 1 aromatic heterocycles. The number of anilines is 1. The number of aryl methyl sites for hydroxylation is 1. The minimum atomic E-state index is -0.358. The standard InChI is InChI=1S/C19H26N4O5/c1-19(2,3)18-22-16(28-23-18)8-7-15(24)21-12-10-14(27-6)13(26-5)9-11(12)17(25)20-4/h9-10H,7-8H2,1-6H3,(H,20,25)(H,21,24). The van der Waals surface area contributed by atoms with E-state index in [9.17, 15) is 9.59 Å². The van der Waals surface area contributed by atoms with Crippen molar-refractivity contribution >= 4 is 17.5 Å². The summed E-state index contributed by atoms with van der Waals surface area (Å²) in [5, 5.41) is 9.21. The molecule has 0 spiro atoms. The minimum Gasteiger partial charge on any atom is -0.493 e. The lowest BCUT2D eigenvalue weighted by molar-refractivity contribution is -0.116. The number of nitrogens with zero attached hydrogens (tertiary/aromatic N) is 2. The van der Waals surface area contributed by atoms with Gasteiger partial charge in [-0.25, -0.2) is 0 Å². The van der Waals surface area contributed by atoms with Crippen LogP contribution in [0.5, 0.6) is 11.5 Å². The summed E-state index contributed by atoms with van der Waals surface area (Å²) in [6.07, 6.45) is 0.408. The molecule has 9 heteroatoms. The first-order chi connectivity index (χ1) is 13.2. The van der Waals surface area contributed by atoms with Crippen molar-refractivity contribution in [3.05, 3.63) is 29.4 Å². The average Bonchev–Trinajstić information content (AvgIpc) is 3.15. The highest BCUT2D eigenvalue weighted by Crippen LogP contribution is 2.33. The Morgan fingerprint density at radius 1 is 1.14 bits per heavy atom. The van der Waals surface area contributed by atoms with Gasteiger partial charge in [0.1, 0.15) is 0 Å². The summed E-state index contributed by atoms with van der Waals surface area (Å²) in [6.45, 7) is 5.93. The third-order valence-electron chi connectivity index (χ3n) is 3.97. The Hall–Kier alpha value is -3.10. The third-order valence-corrected chi connectivity index (χ3v) is 3.97. The van der Waals surface area contributed by atoms with E-state index in [4.69, 9.17) is 14.0 Å². The van der Waals surface area contributed by atoms with Crippen molar-refractivity contribution in [2.45, 2.75) is 39.0 Å². The van der Waals surface area contributed by atoms with Crippen LogP contribution in [0.2, 0.25) is 0 Å². The zero-order chi connectivity index (χ0) is 20.9. The van der Waals surface area contributed by atoms with Gasteiger partial charge in [-0.1, -0.05) is 25.9 Å². The predicted octanol–water partition coefficient (Wildman–Crippen LogP) is 2.32. The van der Waals surface area contributed by atoms with Crippen molar-refractivity contribution in [3.63, 3.8) is 0 Å². The molecule has 0 saturated carbocycles. The van der Waals surface area contributed by atoms with Crippen molar-refractivity contribution in [1.82, 2.24) is 15.5 Å². The number of nitrogens with one attached hydrogen (secondary N) is 2. The van der Waals surface area contributed by atoms with E-state index in [2.05, 4.69) is 20.8 Å². The lowest BCUT2D eigenvalue weighted by Crippen LogP contribution is -2.22. The third kappa shape index (κ3) is 4.99. The molecule has 2 amide bonds. The Morgan fingerprint density at radius 3 is 2.32 bits per heavy atom. The quantitative estimate of drug-likeness (QED) is 0.745. The fraction of sp³-hybridized carbons (Fsp3) is 0.474. The summed E-state index contributed by atoms with van der Waals surface area (Å²) < 4.78 is 15.7. The highest BCUT2D eigenvalue weighted by Gasteiger charge is 2.22. The van der Waals surface area contributed by atoms with Crippen LogP contribution in [0.25, 0.3) is 0 Å². The SMILES string of the molecule is CNC(=O)c1cc(OC)c(OC)cc1NC(=O)CCc1nc(C(C)(C)C)no1. The van der Waals surface area contributed by atoms with Crippen LogP contribution < -0.4 is 20.1 Å². The molecule has 2 N–H and O–H groups in total. The highest BCUT2D eigenvalue weighted by molar-refractivity contribution is 6.04. The van der Waals surface area contributed by atoms with Gasteiger partial charge in [-0.05, 0) is 6.07 Å². The van der Waals surface area contributed by atoms with E-state index in [1.165, 1.54) is 27.3 Å². The van der Waals surface area contributed by atoms with E-state index in [0.717, 1.165) is 0 Å². The van der Waals surface area contributed by atoms with E-state index in [1.807, 2.05) is 20.8 Å². The number of benzene rings is 1. The molecule has 0 saturated heterocycles. The Bertz CT molecular complexity index is 854. The normalized spacial score (nSPS) is 11.1. The van der Waals surface area contributed by atoms with Gasteiger partial charge in [0.05, 0.1) is 25.5 Å². The summed E-state index contributed by atoms with van der Waals surface area (Å²) in [4.78, 5) is 28.9. The van der Waals surface area contributed by atoms with E-state index in [0.29, 0.717) is 28.9 Å². The van der Waals surface area contributed by atoms with Crippen molar-refractivity contribution in [2.75, 3.05) is 26.6 Å². The second-order valence-corrected chi connectivity index (χ2v) is 7.14. The molecule has 0 unspecified atom stereocenters. The Balaban J connectivity index is 2.14. The lowest BCUT2D eigenvalue weighted by Gasteiger charge is -2.15. The Morgan fingerprint density at radius 2 is 1.79 bits per heavy atom. The smallest absolute Gasteiger partial charge is 0.253 e. The van der Waals surface area contributed by atoms with E-state index >= 15 is 0 Å². The zero-order valence-corrected chi connectivity index (χ0v) is 17.0. The van der Waals surface area contributed by atoms with Crippen LogP contribution in [0.3, 0.4) is 0 Å². The number of ether oxygens (including phenoxy) is 2. The first-order valence-electron chi connectivity index (χ1n) is 8.80. The molecule has 2 rings (SSSR count). The number of carbonyl (C=O) groups excluding carboxylic acids is 2. The minimum absolute atomic E-state index is 0.118. The lowest BCUT2D eigenvalue weighted by atomic mass is 9.96. The monoisotopic (exact) mass is 390 g/mol. The summed E-state index contributed by atoms with van der Waals surface area (Å²) >= 11 is 0. The molecular formula is C19H26N4O5. The molecular weight excluding hydrogens is 364 g/mol. The van der Waals surface area contributed by atoms with Crippen LogP contribution in [0, 0.1) is 0 Å². The number of aromatic nitrogens is 2. The van der Waals surface area contributed by atoms with Crippen LogP contribution in [0.1, 0.15) is 49.3 Å². The Kier molecular flexibility index (Phi) is 6.61. The first kappa shape index (κ1) is 21.2. The molecule has 0 fully saturated rings. The van der Waals surface area contributed by atoms with Crippen molar-refractivity contribution in [1.29, 1.82) is 0 Å². The van der Waals surface area contributed by atoms with Crippen LogP contribution in [-0.2, 0) is 16.6 Å². The maximum absolute atomic E-state index is 12.4. The Labute approximate surface area is 163 Å². The van der Waals surface area contributed by atoms with Gasteiger partial charge in [-0.2, -0.15) is 4.98 Å². The molecule has 0 radical (unpaired) electrons. The van der Waals surface area contributed by atoms with Gasteiger partial charge in [-0.3, -0.25) is 9.59 Å². The van der Waals surface area contributed by atoms with Gasteiger partial charge in [0.2, 0.25) is 11.8 Å². The molecule has 0 aliphatic rings. The predicted molar refractivity (Wildman–Crippen MR) is 103 cm³/mol. The highest BCUT2D eigenvalue weighted by atomic mass is 16.5. The number of rotatable bonds is 7. The zero-order valence-electron chi connectivity index (χ0n) is 17.0. The van der Waals surface area contributed by atoms with Crippen molar-refractivity contribution in [2.24, 2.45) is 0 Å². The molecule has 0 aliphatic heterocycles. The van der Waals surface area contributed by atoms with Gasteiger partial charge in [0.25, 0.3) is 5.91 Å². The summed E-state index contributed by atoms with van der Waals surface area (Å²) in [5.41, 5.74) is 0.357. The van der Waals surface area contributed by atoms with Crippen LogP contribution >= 0.6 is 0 Å². The summed E-state index contributed by atoms with van der Waals surface area (Å²) in [5.74, 6) is 1.11. The fourth-order valence-electron chi connectivity index (χ4n) is 2.40. The molecule has 0 bridgehead atoms. The maximum atomic E-state index is 12.4. The van der Waals surface area contributed by atoms with Gasteiger partial charge in [0.15, 0.2) is 17.3 Å². The second kappa shape index (κ2) is 8.73. The van der Waals surface area contributed by atoms with E-state index < -0.39 is 0 Å². The van der Waals surface area contributed by atoms with Crippen molar-refractivity contribution < 1.29 is 23.6 Å². The van der Waals surface area contributed by atoms with Crippen LogP contribution in [-0.4, -0.2) is 43.2 Å². The number of methoxy groups -OCH3 is 2. The molecule has 1 heterocycles. The fourth-order valence-corrected chi connectivity index (χ4v) is 2.40. The number of hydrogen-bond donors (Lipinski definition) is 2. The van der Waals surface area contributed by atoms with E-state index in [1.54, 1.807) is 6.07 Å². The van der Waals surface area contributed by atoms with Crippen molar-refractivity contribution in [3.8, 4) is 11.5 Å². The summed E-state index contributed by atoms with van der Waals surface area (Å²) in [7, 11) is 4.46. The largest absolute Gasteiger partial charge is 0.493 e. The molecule has 9 nitrogen and oxygen atoms in total. The molecule has 0 atom stereocenters. The number of amides is 2. The van der Waals surface area contributed by atoms with Gasteiger partial charge in [-0.15, -0.1) is 0 Å². The van der Waals surface area contributed by atoms with Gasteiger partial charge >= 0.3 is 0 Å². The average molecular weight is 390 g/mol. The van der Waals surface area contributed by atoms with E-state index in [-0.39, 0.29) is 35.6 Å².